The van der Waals surface area contributed by atoms with Crippen molar-refractivity contribution in [2.75, 3.05) is 20.3 Å². The summed E-state index contributed by atoms with van der Waals surface area (Å²) < 4.78 is 17.5. The van der Waals surface area contributed by atoms with Gasteiger partial charge in [-0.25, -0.2) is 14.4 Å². The van der Waals surface area contributed by atoms with Crippen LogP contribution in [0.5, 0.6) is 34.5 Å². The predicted molar refractivity (Wildman–Crippen MR) is 396 cm³/mol. The van der Waals surface area contributed by atoms with Crippen LogP contribution in [0, 0.1) is 26.7 Å². The van der Waals surface area contributed by atoms with E-state index < -0.39 is 12.2 Å². The Labute approximate surface area is 587 Å². The third-order valence-corrected chi connectivity index (χ3v) is 20.3. The molecule has 0 bridgehead atoms. The van der Waals surface area contributed by atoms with E-state index in [1.54, 1.807) is 28.0 Å². The first-order valence-corrected chi connectivity index (χ1v) is 36.2. The van der Waals surface area contributed by atoms with Crippen molar-refractivity contribution in [3.05, 3.63) is 159 Å². The molecule has 15 heteroatoms. The molecule has 0 radical (unpaired) electrons. The van der Waals surface area contributed by atoms with Gasteiger partial charge in [-0.15, -0.1) is 0 Å². The van der Waals surface area contributed by atoms with E-state index in [1.807, 2.05) is 103 Å². The van der Waals surface area contributed by atoms with E-state index >= 15 is 0 Å². The number of unbranched alkanes of at least 4 members (excludes halogenated alkanes) is 7. The monoisotopic (exact) mass is 1350 g/mol. The summed E-state index contributed by atoms with van der Waals surface area (Å²) >= 11 is 0. The van der Waals surface area contributed by atoms with Gasteiger partial charge in [0.2, 0.25) is 0 Å². The van der Waals surface area contributed by atoms with E-state index in [1.165, 1.54) is 12.0 Å². The van der Waals surface area contributed by atoms with E-state index in [4.69, 9.17) is 14.2 Å². The number of ether oxygens (including phenoxy) is 3. The first-order valence-electron chi connectivity index (χ1n) is 36.2. The van der Waals surface area contributed by atoms with Crippen LogP contribution in [0.25, 0.3) is 50.1 Å². The Morgan fingerprint density at radius 1 is 0.485 bits per heavy atom. The van der Waals surface area contributed by atoms with Gasteiger partial charge < -0.3 is 59.5 Å². The van der Waals surface area contributed by atoms with E-state index in [0.717, 1.165) is 164 Å². The highest BCUT2D eigenvalue weighted by molar-refractivity contribution is 5.90. The second-order valence-electron chi connectivity index (χ2n) is 28.5. The van der Waals surface area contributed by atoms with Gasteiger partial charge in [-0.1, -0.05) is 160 Å². The molecule has 2 atom stereocenters. The quantitative estimate of drug-likeness (QED) is 0.0168. The molecule has 9 rings (SSSR count). The smallest absolute Gasteiger partial charge is 0.410 e. The molecule has 0 spiro atoms. The Kier molecular flexibility index (Phi) is 25.4. The first kappa shape index (κ1) is 74.4. The number of carbonyl (C=O) groups is 3. The summed E-state index contributed by atoms with van der Waals surface area (Å²) in [7, 11) is 1.32. The summed E-state index contributed by atoms with van der Waals surface area (Å²) in [6.07, 6.45) is 15.2. The maximum absolute atomic E-state index is 14.3. The minimum absolute atomic E-state index is 0.00530. The maximum Gasteiger partial charge on any atom is 0.410 e. The number of allylic oxidation sites excluding steroid dienone is 3. The lowest BCUT2D eigenvalue weighted by Gasteiger charge is -2.27. The van der Waals surface area contributed by atoms with Crippen molar-refractivity contribution in [2.24, 2.45) is 5.92 Å². The second kappa shape index (κ2) is 33.8. The van der Waals surface area contributed by atoms with E-state index in [-0.39, 0.29) is 90.6 Å². The highest BCUT2D eigenvalue weighted by Crippen LogP contribution is 2.50. The number of nitrogens with zero attached hydrogens (tertiary/aromatic N) is 3. The minimum atomic E-state index is -0.528. The van der Waals surface area contributed by atoms with E-state index in [9.17, 15) is 45.0 Å². The zero-order chi connectivity index (χ0) is 71.4. The number of aryl methyl sites for hydroxylation is 6. The number of methoxy groups -OCH3 is 1. The standard InChI is InChI=1S/C84H107N3O12/c1-13-15-19-25-59-46-74(89)78(69-43-56(11)30-39-66(69)53(7)8)81(93)72(59)50-87(62-34-35-62)84(96)99-63-36-31-57(44-63)24-20-18-22-27-60-47-75(90)77(68-42-55(10)29-38-65(68)52(5)6)80(92)71(60)49-86(61-32-33-61)83(95)98-40-23-17-16-21-26-58-45-73(88)76(67-41-54(9)28-37-64(67)51(3)4)79(91)70(58)48-85(14-2)82(94)97-12/h28-30,37-39,41-43,45-47,57,61-63,88-93H,3,5,7,13-27,31-36,40,44,48-50H2,1-2,4,6,8-12H3. The van der Waals surface area contributed by atoms with Crippen LogP contribution < -0.4 is 0 Å². The number of aromatic hydroxyl groups is 6. The number of hydrogen-bond donors (Lipinski definition) is 6. The van der Waals surface area contributed by atoms with Crippen molar-refractivity contribution in [3.8, 4) is 67.9 Å². The molecule has 3 aliphatic carbocycles. The van der Waals surface area contributed by atoms with Crippen molar-refractivity contribution in [1.29, 1.82) is 0 Å². The number of benzene rings is 6. The summed E-state index contributed by atoms with van der Waals surface area (Å²) in [6, 6.07) is 22.8. The molecule has 0 aromatic heterocycles. The van der Waals surface area contributed by atoms with E-state index in [0.29, 0.717) is 94.6 Å². The van der Waals surface area contributed by atoms with Gasteiger partial charge in [0.1, 0.15) is 40.6 Å². The molecule has 3 amide bonds. The van der Waals surface area contributed by atoms with E-state index in [2.05, 4.69) is 26.7 Å². The SMILES string of the molecule is C=C(C)c1ccc(C)cc1-c1c(O)cc(CCCCCCOC(=O)N(Cc2c(CCCCCC3CCC(OC(=O)N(Cc4c(CCCCC)cc(O)c(-c5cc(C)ccc5C(=C)C)c4O)C4CC4)C3)cc(O)c(-c3cc(C)ccc3C(=C)C)c2O)C2CC2)c(CN(CC)C(=O)OC)c1O. The van der Waals surface area contributed by atoms with Gasteiger partial charge in [0.05, 0.1) is 50.0 Å². The second-order valence-corrected chi connectivity index (χ2v) is 28.5. The van der Waals surface area contributed by atoms with Gasteiger partial charge in [0.15, 0.2) is 0 Å². The molecular weight excluding hydrogens is 1240 g/mol. The molecule has 530 valence electrons. The molecule has 0 saturated heterocycles. The number of carbonyl (C=O) groups excluding carboxylic acids is 3. The predicted octanol–water partition coefficient (Wildman–Crippen LogP) is 20.2. The van der Waals surface area contributed by atoms with Crippen molar-refractivity contribution in [2.45, 2.75) is 228 Å². The van der Waals surface area contributed by atoms with Crippen LogP contribution in [0.4, 0.5) is 14.4 Å². The molecule has 2 unspecified atom stereocenters. The molecule has 3 saturated carbocycles. The third-order valence-electron chi connectivity index (χ3n) is 20.3. The van der Waals surface area contributed by atoms with Crippen molar-refractivity contribution in [1.82, 2.24) is 14.7 Å². The zero-order valence-corrected chi connectivity index (χ0v) is 60.2. The average molecular weight is 1350 g/mol. The fourth-order valence-electron chi connectivity index (χ4n) is 14.5. The van der Waals surface area contributed by atoms with Gasteiger partial charge >= 0.3 is 18.3 Å². The molecule has 0 aliphatic heterocycles. The molecule has 3 fully saturated rings. The summed E-state index contributed by atoms with van der Waals surface area (Å²) in [6.45, 7) is 29.0. The van der Waals surface area contributed by atoms with Gasteiger partial charge in [0.25, 0.3) is 0 Å². The highest BCUT2D eigenvalue weighted by atomic mass is 16.6. The summed E-state index contributed by atoms with van der Waals surface area (Å²) in [5.41, 5.74) is 14.7. The van der Waals surface area contributed by atoms with Crippen LogP contribution in [0.15, 0.2) is 92.5 Å². The molecule has 15 nitrogen and oxygen atoms in total. The highest BCUT2D eigenvalue weighted by Gasteiger charge is 2.39. The Morgan fingerprint density at radius 3 is 1.29 bits per heavy atom. The lowest BCUT2D eigenvalue weighted by Crippen LogP contribution is -2.35. The van der Waals surface area contributed by atoms with Crippen molar-refractivity contribution in [3.63, 3.8) is 0 Å². The normalized spacial score (nSPS) is 15.0. The van der Waals surface area contributed by atoms with Gasteiger partial charge in [0, 0.05) is 35.3 Å². The fourth-order valence-corrected chi connectivity index (χ4v) is 14.5. The number of rotatable bonds is 33. The molecule has 99 heavy (non-hydrogen) atoms. The lowest BCUT2D eigenvalue weighted by molar-refractivity contribution is 0.0589. The van der Waals surface area contributed by atoms with Gasteiger partial charge in [-0.05, 0) is 213 Å². The number of phenols is 6. The summed E-state index contributed by atoms with van der Waals surface area (Å²) in [5.74, 6) is 0.0842. The number of phenolic OH excluding ortho intramolecular Hbond substituents is 6. The maximum atomic E-state index is 14.3. The Hall–Kier alpha value is -8.85. The molecular formula is C84H107N3O12. The number of hydrogen-bond acceptors (Lipinski definition) is 12. The van der Waals surface area contributed by atoms with Crippen molar-refractivity contribution < 1.29 is 59.2 Å². The average Bonchev–Trinajstić information content (AvgIpc) is 1.36. The van der Waals surface area contributed by atoms with Crippen LogP contribution in [-0.4, -0.2) is 102 Å². The molecule has 0 heterocycles. The largest absolute Gasteiger partial charge is 0.507 e. The molecule has 6 N–H and O–H groups in total. The Morgan fingerprint density at radius 2 is 0.889 bits per heavy atom. The minimum Gasteiger partial charge on any atom is -0.507 e. The lowest BCUT2D eigenvalue weighted by atomic mass is 9.88. The summed E-state index contributed by atoms with van der Waals surface area (Å²) in [4.78, 5) is 46.5. The topological polar surface area (TPSA) is 210 Å². The molecule has 6 aromatic rings. The van der Waals surface area contributed by atoms with Crippen LogP contribution in [0.1, 0.15) is 217 Å². The first-order chi connectivity index (χ1) is 47.4. The van der Waals surface area contributed by atoms with Crippen molar-refractivity contribution >= 4 is 35.0 Å². The van der Waals surface area contributed by atoms with Gasteiger partial charge in [-0.3, -0.25) is 0 Å². The van der Waals surface area contributed by atoms with Crippen LogP contribution in [0.2, 0.25) is 0 Å². The Balaban J connectivity index is 0.826. The molecule has 3 aliphatic rings. The van der Waals surface area contributed by atoms with Crippen LogP contribution in [-0.2, 0) is 53.1 Å². The van der Waals surface area contributed by atoms with Crippen LogP contribution in [0.3, 0.4) is 0 Å². The Bertz CT molecular complexity index is 3950. The molecule has 6 aromatic carbocycles. The zero-order valence-electron chi connectivity index (χ0n) is 60.2. The number of amides is 3. The fraction of sp³-hybridized carbons (Fsp3) is 0.464. The third kappa shape index (κ3) is 18.3. The van der Waals surface area contributed by atoms with Gasteiger partial charge in [-0.2, -0.15) is 0 Å². The summed E-state index contributed by atoms with van der Waals surface area (Å²) in [5, 5.41) is 71.8. The van der Waals surface area contributed by atoms with Crippen LogP contribution >= 0.6 is 0 Å².